The van der Waals surface area contributed by atoms with E-state index in [-0.39, 0.29) is 21.5 Å². The highest BCUT2D eigenvalue weighted by Gasteiger charge is 2.57. The summed E-state index contributed by atoms with van der Waals surface area (Å²) in [6, 6.07) is 3.33. The van der Waals surface area contributed by atoms with Crippen molar-refractivity contribution in [2.75, 3.05) is 0 Å². The summed E-state index contributed by atoms with van der Waals surface area (Å²) in [4.78, 5) is 7.49. The zero-order chi connectivity index (χ0) is 18.4. The average molecular weight is 362 g/mol. The zero-order valence-electron chi connectivity index (χ0n) is 12.1. The van der Waals surface area contributed by atoms with Crippen molar-refractivity contribution in [2.45, 2.75) is 18.6 Å². The summed E-state index contributed by atoms with van der Waals surface area (Å²) in [5.74, 6) is -5.82. The maximum Gasteiger partial charge on any atom is 0.455 e. The highest BCUT2D eigenvalue weighted by atomic mass is 19.4. The number of pyridine rings is 2. The summed E-state index contributed by atoms with van der Waals surface area (Å²) < 4.78 is 77.9. The van der Waals surface area contributed by atoms with Gasteiger partial charge in [0.2, 0.25) is 0 Å². The lowest BCUT2D eigenvalue weighted by molar-refractivity contribution is -0.595. The van der Waals surface area contributed by atoms with Crippen molar-refractivity contribution in [3.05, 3.63) is 47.9 Å². The summed E-state index contributed by atoms with van der Waals surface area (Å²) in [6.07, 6.45) is -2.93. The van der Waals surface area contributed by atoms with Gasteiger partial charge >= 0.3 is 12.1 Å². The molecular formula is C14H8F6N4O. The van der Waals surface area contributed by atoms with Gasteiger partial charge in [0.05, 0.1) is 30.1 Å². The summed E-state index contributed by atoms with van der Waals surface area (Å²) in [5, 5.41) is 11.7. The third kappa shape index (κ3) is 2.96. The molecule has 0 bridgehead atoms. The normalized spacial score (nSPS) is 12.7. The number of alkyl halides is 5. The van der Waals surface area contributed by atoms with E-state index in [0.29, 0.717) is 4.57 Å². The first-order valence-corrected chi connectivity index (χ1v) is 6.73. The van der Waals surface area contributed by atoms with Gasteiger partial charge in [0.25, 0.3) is 5.69 Å². The number of fused-ring (bicyclic) bond motifs is 1. The molecule has 3 aromatic heterocycles. The Hall–Kier alpha value is -2.85. The third-order valence-electron chi connectivity index (χ3n) is 3.44. The molecule has 0 aliphatic heterocycles. The van der Waals surface area contributed by atoms with E-state index in [1.807, 2.05) is 0 Å². The summed E-state index contributed by atoms with van der Waals surface area (Å²) in [5.41, 5.74) is -0.666. The average Bonchev–Trinajstić information content (AvgIpc) is 2.88. The Morgan fingerprint density at radius 2 is 1.88 bits per heavy atom. The molecule has 0 spiro atoms. The minimum absolute atomic E-state index is 0.00812. The smallest absolute Gasteiger partial charge is 0.455 e. The minimum Gasteiger partial charge on any atom is -0.618 e. The van der Waals surface area contributed by atoms with Crippen LogP contribution in [0.15, 0.2) is 36.9 Å². The van der Waals surface area contributed by atoms with Gasteiger partial charge in [-0.2, -0.15) is 31.1 Å². The lowest BCUT2D eigenvalue weighted by Gasteiger charge is -2.20. The fourth-order valence-electron chi connectivity index (χ4n) is 2.22. The molecule has 25 heavy (non-hydrogen) atoms. The van der Waals surface area contributed by atoms with Gasteiger partial charge in [-0.15, -0.1) is 0 Å². The lowest BCUT2D eigenvalue weighted by atomic mass is 10.2. The van der Waals surface area contributed by atoms with Crippen molar-refractivity contribution < 1.29 is 31.1 Å². The molecule has 0 atom stereocenters. The van der Waals surface area contributed by atoms with Gasteiger partial charge in [0.1, 0.15) is 5.69 Å². The molecule has 0 aliphatic rings. The van der Waals surface area contributed by atoms with Crippen LogP contribution in [-0.2, 0) is 6.54 Å². The largest absolute Gasteiger partial charge is 0.618 e. The van der Waals surface area contributed by atoms with Crippen molar-refractivity contribution >= 4 is 11.0 Å². The number of imidazole rings is 1. The quantitative estimate of drug-likeness (QED) is 0.409. The van der Waals surface area contributed by atoms with Crippen LogP contribution in [0.2, 0.25) is 0 Å². The number of nitrogens with zero attached hydrogens (tertiary/aromatic N) is 4. The highest BCUT2D eigenvalue weighted by Crippen LogP contribution is 2.37. The molecule has 0 saturated heterocycles. The Labute approximate surface area is 135 Å². The zero-order valence-corrected chi connectivity index (χ0v) is 12.1. The first kappa shape index (κ1) is 17.0. The van der Waals surface area contributed by atoms with Crippen molar-refractivity contribution in [1.82, 2.24) is 14.5 Å². The maximum absolute atomic E-state index is 13.8. The van der Waals surface area contributed by atoms with E-state index in [0.717, 1.165) is 30.9 Å². The van der Waals surface area contributed by atoms with Gasteiger partial charge in [0.15, 0.2) is 12.0 Å². The molecule has 0 fully saturated rings. The minimum atomic E-state index is -5.71. The molecule has 0 unspecified atom stereocenters. The van der Waals surface area contributed by atoms with E-state index < -0.39 is 30.2 Å². The maximum atomic E-state index is 13.8. The first-order chi connectivity index (χ1) is 11.6. The molecule has 5 nitrogen and oxygen atoms in total. The van der Waals surface area contributed by atoms with Crippen LogP contribution in [0.1, 0.15) is 0 Å². The fourth-order valence-corrected chi connectivity index (χ4v) is 2.22. The molecule has 3 aromatic rings. The van der Waals surface area contributed by atoms with Crippen LogP contribution in [-0.4, -0.2) is 26.6 Å². The van der Waals surface area contributed by atoms with Crippen LogP contribution in [0.3, 0.4) is 0 Å². The van der Waals surface area contributed by atoms with Gasteiger partial charge < -0.3 is 9.77 Å². The Balaban J connectivity index is 2.03. The van der Waals surface area contributed by atoms with E-state index in [4.69, 9.17) is 0 Å². The molecule has 3 rings (SSSR count). The standard InChI is InChI=1S/C14H8F6N4O/c15-8-2-1-3-24(25)12(8)10-4-9-11(5-21-10)23(7-22-9)6-13(16,17)14(18,19)20/h1-5,7H,6H2. The monoisotopic (exact) mass is 362 g/mol. The summed E-state index contributed by atoms with van der Waals surface area (Å²) in [6.45, 7) is -1.67. The summed E-state index contributed by atoms with van der Waals surface area (Å²) >= 11 is 0. The lowest BCUT2D eigenvalue weighted by Crippen LogP contribution is -2.40. The van der Waals surface area contributed by atoms with Crippen molar-refractivity contribution in [2.24, 2.45) is 0 Å². The summed E-state index contributed by atoms with van der Waals surface area (Å²) in [7, 11) is 0. The van der Waals surface area contributed by atoms with Crippen molar-refractivity contribution in [3.63, 3.8) is 0 Å². The van der Waals surface area contributed by atoms with Gasteiger partial charge in [0, 0.05) is 6.07 Å². The highest BCUT2D eigenvalue weighted by molar-refractivity contribution is 5.78. The van der Waals surface area contributed by atoms with Crippen LogP contribution in [0.4, 0.5) is 26.3 Å². The molecule has 132 valence electrons. The molecule has 11 heteroatoms. The van der Waals surface area contributed by atoms with E-state index in [9.17, 15) is 31.5 Å². The Morgan fingerprint density at radius 1 is 1.16 bits per heavy atom. The van der Waals surface area contributed by atoms with Gasteiger partial charge in [-0.1, -0.05) is 0 Å². The number of hydrogen-bond donors (Lipinski definition) is 0. The Kier molecular flexibility index (Phi) is 3.81. The van der Waals surface area contributed by atoms with E-state index in [1.54, 1.807) is 0 Å². The molecular weight excluding hydrogens is 354 g/mol. The number of aromatic nitrogens is 4. The fraction of sp³-hybridized carbons (Fsp3) is 0.214. The Bertz CT molecular complexity index is 916. The topological polar surface area (TPSA) is 57.6 Å². The second kappa shape index (κ2) is 5.60. The van der Waals surface area contributed by atoms with Crippen molar-refractivity contribution in [3.8, 4) is 11.4 Å². The first-order valence-electron chi connectivity index (χ1n) is 6.73. The number of hydrogen-bond acceptors (Lipinski definition) is 3. The predicted octanol–water partition coefficient (Wildman–Crippen LogP) is 3.07. The molecule has 0 aromatic carbocycles. The third-order valence-corrected chi connectivity index (χ3v) is 3.44. The van der Waals surface area contributed by atoms with Gasteiger partial charge in [-0.3, -0.25) is 0 Å². The van der Waals surface area contributed by atoms with Gasteiger partial charge in [-0.25, -0.2) is 9.97 Å². The van der Waals surface area contributed by atoms with Crippen LogP contribution in [0, 0.1) is 11.0 Å². The molecule has 0 amide bonds. The molecule has 0 aliphatic carbocycles. The second-order valence-electron chi connectivity index (χ2n) is 5.16. The Morgan fingerprint density at radius 3 is 2.52 bits per heavy atom. The van der Waals surface area contributed by atoms with E-state index >= 15 is 0 Å². The van der Waals surface area contributed by atoms with Crippen LogP contribution < -0.4 is 4.73 Å². The van der Waals surface area contributed by atoms with E-state index in [2.05, 4.69) is 9.97 Å². The van der Waals surface area contributed by atoms with Gasteiger partial charge in [-0.05, 0) is 12.1 Å². The van der Waals surface area contributed by atoms with E-state index in [1.165, 1.54) is 6.07 Å². The molecule has 0 saturated carbocycles. The van der Waals surface area contributed by atoms with Crippen LogP contribution in [0.25, 0.3) is 22.4 Å². The SMILES string of the molecule is [O-][n+]1cccc(F)c1-c1cc2ncn(CC(F)(F)C(F)(F)F)c2cn1. The molecule has 0 N–H and O–H groups in total. The number of halogens is 6. The molecule has 3 heterocycles. The number of rotatable bonds is 3. The second-order valence-corrected chi connectivity index (χ2v) is 5.16. The van der Waals surface area contributed by atoms with Crippen LogP contribution in [0.5, 0.6) is 0 Å². The van der Waals surface area contributed by atoms with Crippen molar-refractivity contribution in [1.29, 1.82) is 0 Å². The predicted molar refractivity (Wildman–Crippen MR) is 72.9 cm³/mol. The molecule has 0 radical (unpaired) electrons. The van der Waals surface area contributed by atoms with Crippen LogP contribution >= 0.6 is 0 Å².